The van der Waals surface area contributed by atoms with E-state index in [1.807, 2.05) is 0 Å². The monoisotopic (exact) mass is 582 g/mol. The van der Waals surface area contributed by atoms with Crippen molar-refractivity contribution in [1.82, 2.24) is 0 Å². The number of sulfone groups is 2. The van der Waals surface area contributed by atoms with Crippen LogP contribution in [0, 0.1) is 0 Å². The fourth-order valence-electron chi connectivity index (χ4n) is 4.33. The summed E-state index contributed by atoms with van der Waals surface area (Å²) in [5, 5.41) is -1.55. The van der Waals surface area contributed by atoms with Gasteiger partial charge in [0.1, 0.15) is 10.5 Å². The van der Waals surface area contributed by atoms with Gasteiger partial charge in [-0.1, -0.05) is 102 Å². The van der Waals surface area contributed by atoms with Crippen LogP contribution in [-0.2, 0) is 19.7 Å². The number of halogens is 2. The Labute approximate surface area is 233 Å². The third-order valence-electron chi connectivity index (χ3n) is 6.15. The summed E-state index contributed by atoms with van der Waals surface area (Å²) in [5.41, 5.74) is 1.65. The number of rotatable bonds is 9. The Kier molecular flexibility index (Phi) is 8.28. The summed E-state index contributed by atoms with van der Waals surface area (Å²) in [5.74, 6) is 0. The predicted octanol–water partition coefficient (Wildman–Crippen LogP) is 8.06. The van der Waals surface area contributed by atoms with Crippen molar-refractivity contribution in [3.63, 3.8) is 0 Å². The molecule has 0 spiro atoms. The first-order valence-electron chi connectivity index (χ1n) is 11.5. The van der Waals surface area contributed by atoms with Crippen LogP contribution in [0.5, 0.6) is 0 Å². The smallest absolute Gasteiger partial charge is 0.190 e. The Morgan fingerprint density at radius 1 is 0.579 bits per heavy atom. The van der Waals surface area contributed by atoms with Crippen LogP contribution in [0.1, 0.15) is 21.6 Å². The molecular weight excluding hydrogens is 559 g/mol. The Bertz CT molecular complexity index is 1680. The van der Waals surface area contributed by atoms with Gasteiger partial charge in [-0.15, -0.1) is 13.2 Å². The second-order valence-electron chi connectivity index (χ2n) is 8.50. The van der Waals surface area contributed by atoms with Crippen molar-refractivity contribution in [2.75, 3.05) is 0 Å². The lowest BCUT2D eigenvalue weighted by Crippen LogP contribution is -2.20. The summed E-state index contributed by atoms with van der Waals surface area (Å²) in [7, 11) is -8.62. The Morgan fingerprint density at radius 2 is 1.05 bits per heavy atom. The zero-order valence-electron chi connectivity index (χ0n) is 20.2. The molecule has 4 aromatic rings. The standard InChI is InChI=1S/C30H24Cl2O4S2/c1-3-27(22-13-17-24(31)18-14-22)37(33,34)29-12-8-11-26(21-9-6-5-7-10-21)30(29)38(35,36)28(4-2)23-15-19-25(32)20-16-23/h3-20,27-28H,1-2H2. The molecule has 0 heterocycles. The summed E-state index contributed by atoms with van der Waals surface area (Å²) in [6.07, 6.45) is 2.58. The molecule has 194 valence electrons. The van der Waals surface area contributed by atoms with Crippen LogP contribution in [0.4, 0.5) is 0 Å². The third kappa shape index (κ3) is 5.36. The van der Waals surface area contributed by atoms with Crippen LogP contribution < -0.4 is 0 Å². The van der Waals surface area contributed by atoms with Crippen molar-refractivity contribution in [2.45, 2.75) is 20.3 Å². The first kappa shape index (κ1) is 27.9. The molecule has 4 nitrogen and oxygen atoms in total. The summed E-state index contributed by atoms with van der Waals surface area (Å²) < 4.78 is 57.1. The average Bonchev–Trinajstić information content (AvgIpc) is 2.91. The quantitative estimate of drug-likeness (QED) is 0.187. The largest absolute Gasteiger partial charge is 0.223 e. The third-order valence-corrected chi connectivity index (χ3v) is 11.0. The van der Waals surface area contributed by atoms with Gasteiger partial charge < -0.3 is 0 Å². The molecule has 8 heteroatoms. The molecule has 38 heavy (non-hydrogen) atoms. The van der Waals surface area contributed by atoms with E-state index < -0.39 is 30.2 Å². The molecule has 0 amide bonds. The van der Waals surface area contributed by atoms with E-state index in [1.54, 1.807) is 91.0 Å². The van der Waals surface area contributed by atoms with Crippen molar-refractivity contribution in [3.05, 3.63) is 144 Å². The summed E-state index contributed by atoms with van der Waals surface area (Å²) in [6.45, 7) is 7.50. The van der Waals surface area contributed by atoms with Crippen LogP contribution in [0.2, 0.25) is 10.0 Å². The number of benzene rings is 4. The van der Waals surface area contributed by atoms with E-state index in [4.69, 9.17) is 23.2 Å². The van der Waals surface area contributed by atoms with E-state index in [2.05, 4.69) is 13.2 Å². The van der Waals surface area contributed by atoms with Gasteiger partial charge in [0, 0.05) is 15.6 Å². The Morgan fingerprint density at radius 3 is 1.53 bits per heavy atom. The molecule has 4 aromatic carbocycles. The normalized spacial score (nSPS) is 13.4. The lowest BCUT2D eigenvalue weighted by molar-refractivity contribution is 0.577. The van der Waals surface area contributed by atoms with Gasteiger partial charge in [-0.2, -0.15) is 0 Å². The lowest BCUT2D eigenvalue weighted by Gasteiger charge is -2.22. The van der Waals surface area contributed by atoms with Crippen LogP contribution in [0.25, 0.3) is 11.1 Å². The summed E-state index contributed by atoms with van der Waals surface area (Å²) in [6, 6.07) is 25.9. The molecule has 0 aliphatic rings. The first-order chi connectivity index (χ1) is 18.1. The summed E-state index contributed by atoms with van der Waals surface area (Å²) >= 11 is 12.0. The van der Waals surface area contributed by atoms with E-state index in [1.165, 1.54) is 18.2 Å². The molecule has 0 N–H and O–H groups in total. The molecule has 0 aliphatic carbocycles. The topological polar surface area (TPSA) is 68.3 Å². The van der Waals surface area contributed by atoms with E-state index in [0.29, 0.717) is 26.7 Å². The zero-order valence-corrected chi connectivity index (χ0v) is 23.3. The maximum atomic E-state index is 14.4. The molecule has 2 unspecified atom stereocenters. The molecule has 0 saturated heterocycles. The van der Waals surface area contributed by atoms with Gasteiger partial charge in [0.25, 0.3) is 0 Å². The van der Waals surface area contributed by atoms with Gasteiger partial charge >= 0.3 is 0 Å². The maximum absolute atomic E-state index is 14.4. The van der Waals surface area contributed by atoms with Gasteiger partial charge in [0.15, 0.2) is 19.7 Å². The Balaban J connectivity index is 2.03. The van der Waals surface area contributed by atoms with Crippen LogP contribution in [-0.4, -0.2) is 16.8 Å². The molecule has 0 radical (unpaired) electrons. The van der Waals surface area contributed by atoms with E-state index in [0.717, 1.165) is 0 Å². The van der Waals surface area contributed by atoms with Crippen LogP contribution in [0.15, 0.2) is 132 Å². The minimum absolute atomic E-state index is 0.270. The number of hydrogen-bond donors (Lipinski definition) is 0. The van der Waals surface area contributed by atoms with Gasteiger partial charge in [-0.05, 0) is 47.0 Å². The molecule has 0 aliphatic heterocycles. The molecule has 2 atom stereocenters. The fourth-order valence-corrected chi connectivity index (χ4v) is 8.82. The highest BCUT2D eigenvalue weighted by Gasteiger charge is 2.38. The van der Waals surface area contributed by atoms with Crippen LogP contribution in [0.3, 0.4) is 0 Å². The molecule has 4 rings (SSSR count). The second kappa shape index (κ2) is 11.3. The zero-order chi connectivity index (χ0) is 27.5. The van der Waals surface area contributed by atoms with Crippen molar-refractivity contribution < 1.29 is 16.8 Å². The van der Waals surface area contributed by atoms with Crippen molar-refractivity contribution >= 4 is 42.9 Å². The highest BCUT2D eigenvalue weighted by Crippen LogP contribution is 2.43. The van der Waals surface area contributed by atoms with Crippen molar-refractivity contribution in [1.29, 1.82) is 0 Å². The summed E-state index contributed by atoms with van der Waals surface area (Å²) in [4.78, 5) is -0.619. The highest BCUT2D eigenvalue weighted by molar-refractivity contribution is 7.95. The van der Waals surface area contributed by atoms with E-state index in [9.17, 15) is 16.8 Å². The maximum Gasteiger partial charge on any atom is 0.190 e. The fraction of sp³-hybridized carbons (Fsp3) is 0.0667. The van der Waals surface area contributed by atoms with E-state index in [-0.39, 0.29) is 15.4 Å². The van der Waals surface area contributed by atoms with Gasteiger partial charge in [-0.3, -0.25) is 0 Å². The lowest BCUT2D eigenvalue weighted by atomic mass is 10.1. The first-order valence-corrected chi connectivity index (χ1v) is 15.4. The molecule has 0 fully saturated rings. The minimum Gasteiger partial charge on any atom is -0.223 e. The Hall–Kier alpha value is -3.16. The van der Waals surface area contributed by atoms with Gasteiger partial charge in [0.05, 0.1) is 9.79 Å². The molecule has 0 aromatic heterocycles. The van der Waals surface area contributed by atoms with Crippen molar-refractivity contribution in [2.24, 2.45) is 0 Å². The molecule has 0 saturated carbocycles. The predicted molar refractivity (Wildman–Crippen MR) is 155 cm³/mol. The average molecular weight is 584 g/mol. The molecule has 0 bridgehead atoms. The van der Waals surface area contributed by atoms with Crippen LogP contribution >= 0.6 is 23.2 Å². The minimum atomic E-state index is -4.34. The van der Waals surface area contributed by atoms with Crippen molar-refractivity contribution in [3.8, 4) is 11.1 Å². The second-order valence-corrected chi connectivity index (χ2v) is 13.4. The SMILES string of the molecule is C=CC(c1ccc(Cl)cc1)S(=O)(=O)c1cccc(-c2ccccc2)c1S(=O)(=O)C(C=C)c1ccc(Cl)cc1. The van der Waals surface area contributed by atoms with Gasteiger partial charge in [0.2, 0.25) is 0 Å². The number of hydrogen-bond acceptors (Lipinski definition) is 4. The van der Waals surface area contributed by atoms with E-state index >= 15 is 0 Å². The highest BCUT2D eigenvalue weighted by atomic mass is 35.5. The van der Waals surface area contributed by atoms with Gasteiger partial charge in [-0.25, -0.2) is 16.8 Å². The molecular formula is C30H24Cl2O4S2.